The van der Waals surface area contributed by atoms with Gasteiger partial charge in [-0.15, -0.1) is 0 Å². The molecule has 0 aromatic heterocycles. The predicted molar refractivity (Wildman–Crippen MR) is 78.5 cm³/mol. The van der Waals surface area contributed by atoms with E-state index < -0.39 is 8.24 Å². The molecule has 1 fully saturated rings. The molecule has 1 N–H and O–H groups in total. The summed E-state index contributed by atoms with van der Waals surface area (Å²) in [5.41, 5.74) is 0. The molecular weight excluding hydrogens is 209 g/mol. The molecule has 16 heavy (non-hydrogen) atoms. The smallest absolute Gasteiger partial charge is 0.212 e. The zero-order valence-corrected chi connectivity index (χ0v) is 13.6. The topological polar surface area (TPSA) is 12.0 Å². The fraction of sp³-hybridized carbons (Fsp3) is 1.00. The molecule has 0 amide bonds. The maximum absolute atomic E-state index is 4.04. The number of nitrogens with one attached hydrogen (secondary N) is 1. The van der Waals surface area contributed by atoms with Crippen molar-refractivity contribution in [3.8, 4) is 0 Å². The van der Waals surface area contributed by atoms with Crippen molar-refractivity contribution in [2.24, 2.45) is 5.92 Å². The normalized spacial score (nSPS) is 21.2. The highest BCUT2D eigenvalue weighted by Crippen LogP contribution is 2.55. The van der Waals surface area contributed by atoms with E-state index in [9.17, 15) is 0 Å². The van der Waals surface area contributed by atoms with Gasteiger partial charge in [0.2, 0.25) is 6.85 Å². The van der Waals surface area contributed by atoms with E-state index in [1.165, 1.54) is 12.3 Å². The first-order valence-electron chi connectivity index (χ1n) is 6.77. The Balaban J connectivity index is 2.76. The second kappa shape index (κ2) is 4.17. The van der Waals surface area contributed by atoms with Crippen LogP contribution in [0, 0.1) is 5.92 Å². The van der Waals surface area contributed by atoms with Gasteiger partial charge in [-0.2, -0.15) is 0 Å². The van der Waals surface area contributed by atoms with Crippen LogP contribution in [0.3, 0.4) is 0 Å². The first kappa shape index (κ1) is 14.3. The van der Waals surface area contributed by atoms with Gasteiger partial charge in [0.1, 0.15) is 8.24 Å². The Labute approximate surface area is 104 Å². The van der Waals surface area contributed by atoms with Crippen LogP contribution >= 0.6 is 0 Å². The molecule has 0 bridgehead atoms. The monoisotopic (exact) mass is 239 g/mol. The first-order chi connectivity index (χ1) is 6.99. The molecule has 0 radical (unpaired) electrons. The molecule has 1 rings (SSSR count). The Hall–Kier alpha value is 0.242. The number of hydrogen-bond donors (Lipinski definition) is 1. The van der Waals surface area contributed by atoms with Crippen LogP contribution in [-0.4, -0.2) is 15.1 Å². The van der Waals surface area contributed by atoms with E-state index in [1.807, 2.05) is 0 Å². The third-order valence-corrected chi connectivity index (χ3v) is 11.4. The van der Waals surface area contributed by atoms with Gasteiger partial charge < -0.3 is 4.89 Å². The Bertz CT molecular complexity index is 228. The Morgan fingerprint density at radius 1 is 1.06 bits per heavy atom. The van der Waals surface area contributed by atoms with Crippen LogP contribution in [0.25, 0.3) is 0 Å². The molecule has 0 aliphatic carbocycles. The van der Waals surface area contributed by atoms with Crippen molar-refractivity contribution in [1.29, 1.82) is 0 Å². The van der Waals surface area contributed by atoms with Gasteiger partial charge in [-0.05, 0) is 10.1 Å². The van der Waals surface area contributed by atoms with Gasteiger partial charge in [-0.3, -0.25) is 0 Å². The second-order valence-corrected chi connectivity index (χ2v) is 13.6. The van der Waals surface area contributed by atoms with E-state index in [-0.39, 0.29) is 0 Å². The maximum Gasteiger partial charge on any atom is 0.212 e. The molecule has 1 aliphatic heterocycles. The highest BCUT2D eigenvalue weighted by molar-refractivity contribution is 7.05. The lowest BCUT2D eigenvalue weighted by molar-refractivity contribution is 0.584. The second-order valence-electron chi connectivity index (χ2n) is 8.08. The summed E-state index contributed by atoms with van der Waals surface area (Å²) in [5, 5.41) is 0.942. The van der Waals surface area contributed by atoms with Gasteiger partial charge in [0.05, 0.1) is 0 Å². The number of rotatable bonds is 2. The van der Waals surface area contributed by atoms with Crippen LogP contribution in [0.15, 0.2) is 0 Å². The summed E-state index contributed by atoms with van der Waals surface area (Å²) < 4.78 is 0. The fourth-order valence-electron chi connectivity index (χ4n) is 3.58. The van der Waals surface area contributed by atoms with E-state index in [0.717, 1.165) is 12.8 Å². The average molecular weight is 239 g/mol. The van der Waals surface area contributed by atoms with Crippen molar-refractivity contribution in [2.75, 3.05) is 0 Å². The fourth-order valence-corrected chi connectivity index (χ4v) is 9.60. The zero-order valence-electron chi connectivity index (χ0n) is 12.6. The molecule has 0 saturated carbocycles. The van der Waals surface area contributed by atoms with E-state index in [1.54, 1.807) is 0 Å². The van der Waals surface area contributed by atoms with E-state index in [2.05, 4.69) is 60.3 Å². The summed E-state index contributed by atoms with van der Waals surface area (Å²) >= 11 is 0. The van der Waals surface area contributed by atoms with Crippen molar-refractivity contribution in [2.45, 2.75) is 77.7 Å². The quantitative estimate of drug-likeness (QED) is 0.707. The van der Waals surface area contributed by atoms with E-state index >= 15 is 0 Å². The van der Waals surface area contributed by atoms with Crippen LogP contribution in [0.5, 0.6) is 0 Å². The molecule has 0 unspecified atom stereocenters. The van der Waals surface area contributed by atoms with E-state index in [0.29, 0.717) is 10.1 Å². The summed E-state index contributed by atoms with van der Waals surface area (Å²) in [6.45, 7) is 20.1. The lowest BCUT2D eigenvalue weighted by Gasteiger charge is -2.61. The highest BCUT2D eigenvalue weighted by Gasteiger charge is 2.60. The summed E-state index contributed by atoms with van der Waals surface area (Å²) in [6, 6.07) is 0. The van der Waals surface area contributed by atoms with Crippen molar-refractivity contribution < 1.29 is 0 Å². The zero-order chi connectivity index (χ0) is 12.8. The van der Waals surface area contributed by atoms with Crippen molar-refractivity contribution in [3.05, 3.63) is 0 Å². The van der Waals surface area contributed by atoms with Gasteiger partial charge in [0, 0.05) is 0 Å². The molecule has 0 spiro atoms. The van der Waals surface area contributed by atoms with Crippen LogP contribution in [0.1, 0.15) is 55.4 Å². The molecule has 3 heteroatoms. The lowest BCUT2D eigenvalue weighted by atomic mass is 9.59. The maximum atomic E-state index is 4.04. The SMILES string of the molecule is CC(C)CB1C[Si](C(C)(C)C)(C(C)(C)C)N1. The van der Waals surface area contributed by atoms with E-state index in [4.69, 9.17) is 0 Å². The van der Waals surface area contributed by atoms with Gasteiger partial charge in [-0.1, -0.05) is 73.6 Å². The van der Waals surface area contributed by atoms with Crippen LogP contribution in [0.2, 0.25) is 22.3 Å². The minimum Gasteiger partial charge on any atom is -0.378 e. The Kier molecular flexibility index (Phi) is 3.72. The van der Waals surface area contributed by atoms with Crippen LogP contribution < -0.4 is 4.89 Å². The molecule has 1 aliphatic rings. The van der Waals surface area contributed by atoms with Gasteiger partial charge in [-0.25, -0.2) is 0 Å². The average Bonchev–Trinajstić information content (AvgIpc) is 1.88. The summed E-state index contributed by atoms with van der Waals surface area (Å²) in [7, 11) is -1.33. The Morgan fingerprint density at radius 2 is 1.44 bits per heavy atom. The number of hydrogen-bond acceptors (Lipinski definition) is 1. The van der Waals surface area contributed by atoms with Crippen molar-refractivity contribution in [3.63, 3.8) is 0 Å². The van der Waals surface area contributed by atoms with Crippen LogP contribution in [-0.2, 0) is 0 Å². The van der Waals surface area contributed by atoms with Crippen molar-refractivity contribution in [1.82, 2.24) is 4.89 Å². The Morgan fingerprint density at radius 3 is 1.69 bits per heavy atom. The molecule has 0 aromatic carbocycles. The molecule has 1 nitrogen and oxygen atoms in total. The molecule has 1 heterocycles. The largest absolute Gasteiger partial charge is 0.378 e. The molecule has 0 atom stereocenters. The van der Waals surface area contributed by atoms with Crippen molar-refractivity contribution >= 4 is 15.1 Å². The molecule has 1 saturated heterocycles. The first-order valence-corrected chi connectivity index (χ1v) is 8.98. The summed E-state index contributed by atoms with van der Waals surface area (Å²) in [6.07, 6.45) is 1.35. The van der Waals surface area contributed by atoms with Gasteiger partial charge in [0.15, 0.2) is 0 Å². The van der Waals surface area contributed by atoms with Crippen LogP contribution in [0.4, 0.5) is 0 Å². The van der Waals surface area contributed by atoms with Gasteiger partial charge >= 0.3 is 0 Å². The summed E-state index contributed by atoms with van der Waals surface area (Å²) in [5.74, 6) is 2.29. The third kappa shape index (κ3) is 2.40. The minimum absolute atomic E-state index is 0.471. The minimum atomic E-state index is -1.33. The lowest BCUT2D eigenvalue weighted by Crippen LogP contribution is -2.78. The van der Waals surface area contributed by atoms with Gasteiger partial charge in [0.25, 0.3) is 0 Å². The third-order valence-electron chi connectivity index (χ3n) is 4.32. The summed E-state index contributed by atoms with van der Waals surface area (Å²) in [4.78, 5) is 4.04. The molecule has 94 valence electrons. The molecule has 0 aromatic rings. The predicted octanol–water partition coefficient (Wildman–Crippen LogP) is 4.32. The highest BCUT2D eigenvalue weighted by atomic mass is 28.3. The standard InChI is InChI=1S/C13H30BNSi/c1-11(2)9-14-10-16(15-14,12(3,4)5)13(6,7)8/h11,15H,9-10H2,1-8H3. The molecular formula is C13H30BNSi.